The third-order valence-corrected chi connectivity index (χ3v) is 4.37. The van der Waals surface area contributed by atoms with Gasteiger partial charge in [0, 0.05) is 5.02 Å². The number of thioether (sulfide) groups is 1. The van der Waals surface area contributed by atoms with E-state index in [9.17, 15) is 9.59 Å². The Hall–Kier alpha value is -2.78. The molecule has 8 nitrogen and oxygen atoms in total. The molecule has 0 aliphatic rings. The molecule has 3 amide bonds. The van der Waals surface area contributed by atoms with Gasteiger partial charge in [0.2, 0.25) is 5.91 Å². The van der Waals surface area contributed by atoms with E-state index in [0.29, 0.717) is 15.9 Å². The largest absolute Gasteiger partial charge is 0.467 e. The van der Waals surface area contributed by atoms with Crippen molar-refractivity contribution >= 4 is 35.3 Å². The van der Waals surface area contributed by atoms with E-state index in [1.807, 2.05) is 12.1 Å². The smallest absolute Gasteiger partial charge is 0.321 e. The van der Waals surface area contributed by atoms with Crippen molar-refractivity contribution < 1.29 is 14.0 Å². The summed E-state index contributed by atoms with van der Waals surface area (Å²) in [5, 5.41) is 13.7. The summed E-state index contributed by atoms with van der Waals surface area (Å²) in [7, 11) is 0. The highest BCUT2D eigenvalue weighted by Gasteiger charge is 2.12. The van der Waals surface area contributed by atoms with Crippen LogP contribution < -0.4 is 10.6 Å². The Balaban J connectivity index is 1.50. The van der Waals surface area contributed by atoms with Crippen LogP contribution in [0.2, 0.25) is 5.02 Å². The number of hydrogen-bond acceptors (Lipinski definition) is 6. The molecule has 0 radical (unpaired) electrons. The van der Waals surface area contributed by atoms with E-state index in [2.05, 4.69) is 20.8 Å². The van der Waals surface area contributed by atoms with Crippen molar-refractivity contribution in [3.05, 3.63) is 59.8 Å². The molecule has 2 N–H and O–H groups in total. The highest BCUT2D eigenvalue weighted by molar-refractivity contribution is 7.99. The molecule has 0 saturated heterocycles. The minimum atomic E-state index is -0.594. The molecule has 0 saturated carbocycles. The second-order valence-corrected chi connectivity index (χ2v) is 6.44. The number of hydrogen-bond donors (Lipinski definition) is 2. The standard InChI is InChI=1S/C16H14ClN5O3S/c17-11-3-1-4-12(7-11)22-10-19-21-16(22)26-9-14(23)20-15(24)18-8-13-5-2-6-25-13/h1-7,10H,8-9H2,(H2,18,20,23,24). The average molecular weight is 392 g/mol. The van der Waals surface area contributed by atoms with Crippen molar-refractivity contribution in [1.29, 1.82) is 0 Å². The van der Waals surface area contributed by atoms with Crippen LogP contribution in [0, 0.1) is 0 Å². The van der Waals surface area contributed by atoms with Crippen LogP contribution >= 0.6 is 23.4 Å². The molecule has 2 aromatic heterocycles. The van der Waals surface area contributed by atoms with E-state index in [-0.39, 0.29) is 12.3 Å². The van der Waals surface area contributed by atoms with Gasteiger partial charge in [0.05, 0.1) is 24.2 Å². The summed E-state index contributed by atoms with van der Waals surface area (Å²) in [5.41, 5.74) is 0.779. The molecule has 3 aromatic rings. The van der Waals surface area contributed by atoms with Crippen LogP contribution in [0.3, 0.4) is 0 Å². The molecule has 0 spiro atoms. The lowest BCUT2D eigenvalue weighted by Crippen LogP contribution is -2.39. The molecule has 0 aliphatic heterocycles. The lowest BCUT2D eigenvalue weighted by atomic mass is 10.3. The Morgan fingerprint density at radius 2 is 2.15 bits per heavy atom. The first-order chi connectivity index (χ1) is 12.6. The van der Waals surface area contributed by atoms with Crippen LogP contribution in [0.5, 0.6) is 0 Å². The lowest BCUT2D eigenvalue weighted by molar-refractivity contribution is -0.117. The fourth-order valence-electron chi connectivity index (χ4n) is 2.04. The van der Waals surface area contributed by atoms with E-state index < -0.39 is 11.9 Å². The molecule has 1 aromatic carbocycles. The second-order valence-electron chi connectivity index (χ2n) is 5.06. The number of aromatic nitrogens is 3. The highest BCUT2D eigenvalue weighted by Crippen LogP contribution is 2.21. The number of nitrogens with zero attached hydrogens (tertiary/aromatic N) is 3. The molecule has 3 rings (SSSR count). The molecule has 2 heterocycles. The van der Waals surface area contributed by atoms with Gasteiger partial charge in [-0.1, -0.05) is 29.4 Å². The quantitative estimate of drug-likeness (QED) is 0.626. The summed E-state index contributed by atoms with van der Waals surface area (Å²) < 4.78 is 6.80. The molecule has 0 bridgehead atoms. The van der Waals surface area contributed by atoms with Crippen LogP contribution in [0.25, 0.3) is 5.69 Å². The van der Waals surface area contributed by atoms with Crippen molar-refractivity contribution in [3.63, 3.8) is 0 Å². The molecule has 10 heteroatoms. The summed E-state index contributed by atoms with van der Waals surface area (Å²) >= 11 is 7.15. The van der Waals surface area contributed by atoms with Crippen molar-refractivity contribution in [1.82, 2.24) is 25.4 Å². The highest BCUT2D eigenvalue weighted by atomic mass is 35.5. The number of benzene rings is 1. The Morgan fingerprint density at radius 1 is 1.27 bits per heavy atom. The third-order valence-electron chi connectivity index (χ3n) is 3.19. The molecule has 0 unspecified atom stereocenters. The van der Waals surface area contributed by atoms with Crippen LogP contribution in [0.4, 0.5) is 4.79 Å². The van der Waals surface area contributed by atoms with Gasteiger partial charge in [-0.3, -0.25) is 14.7 Å². The number of carbonyl (C=O) groups excluding carboxylic acids is 2. The fraction of sp³-hybridized carbons (Fsp3) is 0.125. The maximum Gasteiger partial charge on any atom is 0.321 e. The molecule has 26 heavy (non-hydrogen) atoms. The SMILES string of the molecule is O=C(CSc1nncn1-c1cccc(Cl)c1)NC(=O)NCc1ccco1. The Labute approximate surface area is 157 Å². The van der Waals surface area contributed by atoms with Crippen molar-refractivity contribution in [2.75, 3.05) is 5.75 Å². The fourth-order valence-corrected chi connectivity index (χ4v) is 2.96. The molecule has 0 atom stereocenters. The number of urea groups is 1. The normalized spacial score (nSPS) is 10.5. The van der Waals surface area contributed by atoms with Gasteiger partial charge >= 0.3 is 6.03 Å². The Morgan fingerprint density at radius 3 is 2.92 bits per heavy atom. The maximum atomic E-state index is 11.9. The number of furan rings is 1. The average Bonchev–Trinajstić information content (AvgIpc) is 3.30. The van der Waals surface area contributed by atoms with Crippen LogP contribution in [-0.4, -0.2) is 32.5 Å². The number of imide groups is 1. The van der Waals surface area contributed by atoms with E-state index >= 15 is 0 Å². The Bertz CT molecular complexity index is 897. The van der Waals surface area contributed by atoms with E-state index in [1.54, 1.807) is 28.8 Å². The molecule has 0 aliphatic carbocycles. The first-order valence-corrected chi connectivity index (χ1v) is 8.87. The summed E-state index contributed by atoms with van der Waals surface area (Å²) in [4.78, 5) is 23.6. The van der Waals surface area contributed by atoms with Gasteiger partial charge in [0.1, 0.15) is 12.1 Å². The zero-order valence-electron chi connectivity index (χ0n) is 13.4. The zero-order chi connectivity index (χ0) is 18.4. The number of nitrogens with one attached hydrogen (secondary N) is 2. The van der Waals surface area contributed by atoms with Gasteiger partial charge in [0.15, 0.2) is 5.16 Å². The molecular formula is C16H14ClN5O3S. The second kappa shape index (κ2) is 8.54. The van der Waals surface area contributed by atoms with Gasteiger partial charge in [-0.25, -0.2) is 4.79 Å². The molecule has 0 fully saturated rings. The predicted molar refractivity (Wildman–Crippen MR) is 96.2 cm³/mol. The van der Waals surface area contributed by atoms with Crippen LogP contribution in [0.15, 0.2) is 58.6 Å². The third kappa shape index (κ3) is 4.87. The maximum absolute atomic E-state index is 11.9. The number of rotatable bonds is 6. The summed E-state index contributed by atoms with van der Waals surface area (Å²) in [6, 6.07) is 10.0. The predicted octanol–water partition coefficient (Wildman–Crippen LogP) is 2.63. The van der Waals surface area contributed by atoms with E-state index in [1.165, 1.54) is 12.6 Å². The first-order valence-electron chi connectivity index (χ1n) is 7.50. The van der Waals surface area contributed by atoms with Gasteiger partial charge in [-0.2, -0.15) is 0 Å². The Kier molecular flexibility index (Phi) is 5.92. The van der Waals surface area contributed by atoms with Crippen LogP contribution in [0.1, 0.15) is 5.76 Å². The van der Waals surface area contributed by atoms with Gasteiger partial charge in [0.25, 0.3) is 0 Å². The first kappa shape index (κ1) is 18.0. The zero-order valence-corrected chi connectivity index (χ0v) is 15.0. The minimum absolute atomic E-state index is 0.00737. The topological polar surface area (TPSA) is 102 Å². The summed E-state index contributed by atoms with van der Waals surface area (Å²) in [5.74, 6) is 0.150. The summed E-state index contributed by atoms with van der Waals surface area (Å²) in [6.07, 6.45) is 3.04. The molecule has 134 valence electrons. The number of halogens is 1. The number of carbonyl (C=O) groups is 2. The van der Waals surface area contributed by atoms with Crippen molar-refractivity contribution in [2.45, 2.75) is 11.7 Å². The van der Waals surface area contributed by atoms with Gasteiger partial charge in [-0.05, 0) is 30.3 Å². The monoisotopic (exact) mass is 391 g/mol. The van der Waals surface area contributed by atoms with Crippen molar-refractivity contribution in [3.8, 4) is 5.69 Å². The number of amides is 3. The molecular weight excluding hydrogens is 378 g/mol. The summed E-state index contributed by atoms with van der Waals surface area (Å²) in [6.45, 7) is 0.197. The van der Waals surface area contributed by atoms with Crippen LogP contribution in [-0.2, 0) is 11.3 Å². The van der Waals surface area contributed by atoms with E-state index in [0.717, 1.165) is 17.4 Å². The van der Waals surface area contributed by atoms with Gasteiger partial charge < -0.3 is 9.73 Å². The van der Waals surface area contributed by atoms with Gasteiger partial charge in [-0.15, -0.1) is 10.2 Å². The van der Waals surface area contributed by atoms with E-state index in [4.69, 9.17) is 16.0 Å². The minimum Gasteiger partial charge on any atom is -0.467 e. The van der Waals surface area contributed by atoms with Crippen molar-refractivity contribution in [2.24, 2.45) is 0 Å². The lowest BCUT2D eigenvalue weighted by Gasteiger charge is -2.07.